The van der Waals surface area contributed by atoms with Crippen molar-refractivity contribution in [1.82, 2.24) is 9.80 Å². The Bertz CT molecular complexity index is 408. The smallest absolute Gasteiger partial charge is 0.119 e. The molecule has 0 radical (unpaired) electrons. The van der Waals surface area contributed by atoms with Gasteiger partial charge < -0.3 is 9.64 Å². The first-order valence-corrected chi connectivity index (χ1v) is 8.76. The van der Waals surface area contributed by atoms with E-state index in [1.807, 2.05) is 0 Å². The topological polar surface area (TPSA) is 15.7 Å². The maximum absolute atomic E-state index is 5.79. The predicted octanol–water partition coefficient (Wildman–Crippen LogP) is 3.64. The predicted molar refractivity (Wildman–Crippen MR) is 93.4 cm³/mol. The summed E-state index contributed by atoms with van der Waals surface area (Å²) >= 11 is 0. The summed E-state index contributed by atoms with van der Waals surface area (Å²) in [5.74, 6) is 1.95. The molecule has 1 aromatic carbocycles. The maximum Gasteiger partial charge on any atom is 0.119 e. The SMILES string of the molecule is CCC1CCN(Cc2ccc(OCCCN(C)C)cc2)CC1. The normalized spacial score (nSPS) is 17.1. The molecule has 1 aromatic rings. The molecule has 0 unspecified atom stereocenters. The molecule has 1 aliphatic rings. The third kappa shape index (κ3) is 5.98. The molecule has 0 atom stereocenters. The average molecular weight is 304 g/mol. The minimum absolute atomic E-state index is 0.794. The summed E-state index contributed by atoms with van der Waals surface area (Å²) in [5, 5.41) is 0. The van der Waals surface area contributed by atoms with Crippen molar-refractivity contribution >= 4 is 0 Å². The van der Waals surface area contributed by atoms with Gasteiger partial charge in [0.2, 0.25) is 0 Å². The van der Waals surface area contributed by atoms with Crippen molar-refractivity contribution in [3.63, 3.8) is 0 Å². The van der Waals surface area contributed by atoms with Crippen molar-refractivity contribution in [2.75, 3.05) is 40.3 Å². The monoisotopic (exact) mass is 304 g/mol. The van der Waals surface area contributed by atoms with Crippen LogP contribution in [0.1, 0.15) is 38.2 Å². The average Bonchev–Trinajstić information content (AvgIpc) is 2.54. The highest BCUT2D eigenvalue weighted by Gasteiger charge is 2.17. The molecule has 1 saturated heterocycles. The lowest BCUT2D eigenvalue weighted by atomic mass is 9.94. The van der Waals surface area contributed by atoms with Crippen LogP contribution in [-0.4, -0.2) is 50.1 Å². The summed E-state index contributed by atoms with van der Waals surface area (Å²) in [5.41, 5.74) is 1.40. The summed E-state index contributed by atoms with van der Waals surface area (Å²) in [6.45, 7) is 7.77. The van der Waals surface area contributed by atoms with E-state index in [4.69, 9.17) is 4.74 Å². The molecule has 3 nitrogen and oxygen atoms in total. The van der Waals surface area contributed by atoms with Gasteiger partial charge in [-0.25, -0.2) is 0 Å². The molecule has 1 heterocycles. The molecule has 1 fully saturated rings. The van der Waals surface area contributed by atoms with E-state index in [9.17, 15) is 0 Å². The van der Waals surface area contributed by atoms with Gasteiger partial charge in [-0.1, -0.05) is 25.5 Å². The summed E-state index contributed by atoms with van der Waals surface area (Å²) in [7, 11) is 4.19. The van der Waals surface area contributed by atoms with E-state index in [1.54, 1.807) is 0 Å². The van der Waals surface area contributed by atoms with Crippen LogP contribution in [0.25, 0.3) is 0 Å². The van der Waals surface area contributed by atoms with Crippen LogP contribution >= 0.6 is 0 Å². The van der Waals surface area contributed by atoms with E-state index >= 15 is 0 Å². The van der Waals surface area contributed by atoms with Crippen molar-refractivity contribution in [2.24, 2.45) is 5.92 Å². The van der Waals surface area contributed by atoms with Gasteiger partial charge in [-0.3, -0.25) is 4.90 Å². The first-order valence-electron chi connectivity index (χ1n) is 8.76. The second kappa shape index (κ2) is 9.16. The van der Waals surface area contributed by atoms with E-state index in [2.05, 4.69) is 55.1 Å². The maximum atomic E-state index is 5.79. The van der Waals surface area contributed by atoms with Gasteiger partial charge in [-0.15, -0.1) is 0 Å². The Labute approximate surface area is 136 Å². The second-order valence-corrected chi connectivity index (χ2v) is 6.78. The highest BCUT2D eigenvalue weighted by atomic mass is 16.5. The van der Waals surface area contributed by atoms with E-state index in [0.717, 1.165) is 37.8 Å². The van der Waals surface area contributed by atoms with Gasteiger partial charge in [0.1, 0.15) is 5.75 Å². The van der Waals surface area contributed by atoms with Crippen molar-refractivity contribution in [2.45, 2.75) is 39.2 Å². The Hall–Kier alpha value is -1.06. The molecule has 0 aliphatic carbocycles. The molecule has 1 aliphatic heterocycles. The molecule has 0 aromatic heterocycles. The van der Waals surface area contributed by atoms with Gasteiger partial charge in [0, 0.05) is 13.1 Å². The molecule has 0 spiro atoms. The van der Waals surface area contributed by atoms with E-state index < -0.39 is 0 Å². The third-order valence-electron chi connectivity index (χ3n) is 4.63. The molecule has 2 rings (SSSR count). The van der Waals surface area contributed by atoms with Crippen LogP contribution in [0.3, 0.4) is 0 Å². The van der Waals surface area contributed by atoms with Gasteiger partial charge in [0.05, 0.1) is 6.61 Å². The molecular weight excluding hydrogens is 272 g/mol. The van der Waals surface area contributed by atoms with Crippen LogP contribution in [0.2, 0.25) is 0 Å². The molecule has 0 saturated carbocycles. The number of hydrogen-bond acceptors (Lipinski definition) is 3. The number of benzene rings is 1. The first kappa shape index (κ1) is 17.3. The molecule has 0 bridgehead atoms. The van der Waals surface area contributed by atoms with Crippen LogP contribution in [0, 0.1) is 5.92 Å². The summed E-state index contributed by atoms with van der Waals surface area (Å²) in [6, 6.07) is 8.66. The number of ether oxygens (including phenoxy) is 1. The third-order valence-corrected chi connectivity index (χ3v) is 4.63. The largest absolute Gasteiger partial charge is 0.494 e. The lowest BCUT2D eigenvalue weighted by molar-refractivity contribution is 0.175. The Kier molecular flexibility index (Phi) is 7.20. The minimum Gasteiger partial charge on any atom is -0.494 e. The lowest BCUT2D eigenvalue weighted by Gasteiger charge is -2.31. The number of nitrogens with zero attached hydrogens (tertiary/aromatic N) is 2. The van der Waals surface area contributed by atoms with Crippen LogP contribution < -0.4 is 4.74 Å². The zero-order valence-corrected chi connectivity index (χ0v) is 14.6. The van der Waals surface area contributed by atoms with Crippen LogP contribution in [0.15, 0.2) is 24.3 Å². The molecule has 124 valence electrons. The molecule has 22 heavy (non-hydrogen) atoms. The molecule has 3 heteroatoms. The summed E-state index contributed by atoms with van der Waals surface area (Å²) in [6.07, 6.45) is 5.14. The highest BCUT2D eigenvalue weighted by molar-refractivity contribution is 5.27. The zero-order valence-electron chi connectivity index (χ0n) is 14.6. The zero-order chi connectivity index (χ0) is 15.8. The van der Waals surface area contributed by atoms with Crippen LogP contribution in [0.5, 0.6) is 5.75 Å². The van der Waals surface area contributed by atoms with Gasteiger partial charge in [0.25, 0.3) is 0 Å². The number of rotatable bonds is 8. The Morgan fingerprint density at radius 3 is 2.41 bits per heavy atom. The fourth-order valence-corrected chi connectivity index (χ4v) is 3.07. The Morgan fingerprint density at radius 2 is 1.82 bits per heavy atom. The van der Waals surface area contributed by atoms with Crippen LogP contribution in [0.4, 0.5) is 0 Å². The minimum atomic E-state index is 0.794. The Balaban J connectivity index is 1.70. The Morgan fingerprint density at radius 1 is 1.14 bits per heavy atom. The number of hydrogen-bond donors (Lipinski definition) is 0. The van der Waals surface area contributed by atoms with E-state index in [1.165, 1.54) is 37.9 Å². The first-order chi connectivity index (χ1) is 10.7. The van der Waals surface area contributed by atoms with E-state index in [-0.39, 0.29) is 0 Å². The molecule has 0 amide bonds. The molecule has 0 N–H and O–H groups in total. The fraction of sp³-hybridized carbons (Fsp3) is 0.684. The van der Waals surface area contributed by atoms with Crippen LogP contribution in [-0.2, 0) is 6.54 Å². The van der Waals surface area contributed by atoms with Crippen molar-refractivity contribution in [1.29, 1.82) is 0 Å². The van der Waals surface area contributed by atoms with Crippen molar-refractivity contribution in [3.05, 3.63) is 29.8 Å². The van der Waals surface area contributed by atoms with Gasteiger partial charge in [-0.05, 0) is 70.1 Å². The lowest BCUT2D eigenvalue weighted by Crippen LogP contribution is -2.32. The summed E-state index contributed by atoms with van der Waals surface area (Å²) < 4.78 is 5.79. The fourth-order valence-electron chi connectivity index (χ4n) is 3.07. The van der Waals surface area contributed by atoms with Gasteiger partial charge in [0.15, 0.2) is 0 Å². The van der Waals surface area contributed by atoms with Gasteiger partial charge >= 0.3 is 0 Å². The molecular formula is C19H32N2O. The van der Waals surface area contributed by atoms with Gasteiger partial charge in [-0.2, -0.15) is 0 Å². The standard InChI is InChI=1S/C19H32N2O/c1-4-17-10-13-21(14-11-17)16-18-6-8-19(9-7-18)22-15-5-12-20(2)3/h6-9,17H,4-5,10-16H2,1-3H3. The van der Waals surface area contributed by atoms with Crippen molar-refractivity contribution < 1.29 is 4.74 Å². The summed E-state index contributed by atoms with van der Waals surface area (Å²) in [4.78, 5) is 4.77. The number of likely N-dealkylation sites (tertiary alicyclic amines) is 1. The number of piperidine rings is 1. The quantitative estimate of drug-likeness (QED) is 0.682. The van der Waals surface area contributed by atoms with E-state index in [0.29, 0.717) is 0 Å². The second-order valence-electron chi connectivity index (χ2n) is 6.78. The van der Waals surface area contributed by atoms with Crippen molar-refractivity contribution in [3.8, 4) is 5.75 Å². The highest BCUT2D eigenvalue weighted by Crippen LogP contribution is 2.22.